The normalized spacial score (nSPS) is 10.1. The molecule has 0 bridgehead atoms. The van der Waals surface area contributed by atoms with Crippen molar-refractivity contribution in [2.45, 2.75) is 6.61 Å². The maximum atomic E-state index is 9.05. The number of hydrogen-bond acceptors (Lipinski definition) is 4. The van der Waals surface area contributed by atoms with Crippen molar-refractivity contribution in [1.82, 2.24) is 9.97 Å². The summed E-state index contributed by atoms with van der Waals surface area (Å²) >= 11 is 0. The van der Waals surface area contributed by atoms with Crippen LogP contribution in [0.2, 0.25) is 0 Å². The van der Waals surface area contributed by atoms with Crippen molar-refractivity contribution in [3.8, 4) is 11.5 Å². The minimum atomic E-state index is 0.213. The van der Waals surface area contributed by atoms with E-state index in [-0.39, 0.29) is 5.75 Å². The van der Waals surface area contributed by atoms with E-state index in [1.807, 2.05) is 0 Å². The van der Waals surface area contributed by atoms with Crippen LogP contribution in [0.5, 0.6) is 11.5 Å². The van der Waals surface area contributed by atoms with Gasteiger partial charge in [0.1, 0.15) is 29.7 Å². The highest BCUT2D eigenvalue weighted by molar-refractivity contribution is 5.30. The second-order valence-electron chi connectivity index (χ2n) is 3.07. The Morgan fingerprint density at radius 3 is 2.67 bits per heavy atom. The molecule has 0 radical (unpaired) electrons. The Hall–Kier alpha value is -2.17. The quantitative estimate of drug-likeness (QED) is 0.704. The van der Waals surface area contributed by atoms with Gasteiger partial charge in [-0.15, -0.1) is 0 Å². The number of anilines is 1. The van der Waals surface area contributed by atoms with E-state index in [0.717, 1.165) is 0 Å². The third kappa shape index (κ3) is 2.40. The molecule has 5 heteroatoms. The summed E-state index contributed by atoms with van der Waals surface area (Å²) < 4.78 is 5.40. The molecule has 4 N–H and O–H groups in total. The number of nitrogen functional groups attached to an aromatic ring is 1. The van der Waals surface area contributed by atoms with Gasteiger partial charge in [0.25, 0.3) is 0 Å². The number of aromatic nitrogens is 2. The molecule has 0 unspecified atom stereocenters. The highest BCUT2D eigenvalue weighted by Gasteiger charge is 1.99. The number of aromatic amines is 1. The number of aromatic hydroxyl groups is 1. The van der Waals surface area contributed by atoms with E-state index >= 15 is 0 Å². The van der Waals surface area contributed by atoms with E-state index in [2.05, 4.69) is 9.97 Å². The summed E-state index contributed by atoms with van der Waals surface area (Å²) in [5, 5.41) is 9.05. The first-order valence-corrected chi connectivity index (χ1v) is 4.45. The Morgan fingerprint density at radius 2 is 2.07 bits per heavy atom. The largest absolute Gasteiger partial charge is 0.508 e. The monoisotopic (exact) mass is 205 g/mol. The SMILES string of the molecule is Nc1cnc(COc2ccc(O)cc2)[nH]1. The fourth-order valence-electron chi connectivity index (χ4n) is 1.15. The summed E-state index contributed by atoms with van der Waals surface area (Å²) in [7, 11) is 0. The molecule has 0 aliphatic heterocycles. The molecule has 1 heterocycles. The molecule has 2 aromatic rings. The fraction of sp³-hybridized carbons (Fsp3) is 0.100. The van der Waals surface area contributed by atoms with Gasteiger partial charge >= 0.3 is 0 Å². The van der Waals surface area contributed by atoms with Gasteiger partial charge in [0.05, 0.1) is 6.20 Å². The van der Waals surface area contributed by atoms with Crippen LogP contribution in [-0.2, 0) is 6.61 Å². The van der Waals surface area contributed by atoms with Crippen LogP contribution in [0, 0.1) is 0 Å². The number of nitrogens with two attached hydrogens (primary N) is 1. The lowest BCUT2D eigenvalue weighted by molar-refractivity contribution is 0.296. The highest BCUT2D eigenvalue weighted by atomic mass is 16.5. The minimum Gasteiger partial charge on any atom is -0.508 e. The van der Waals surface area contributed by atoms with Crippen LogP contribution in [0.3, 0.4) is 0 Å². The fourth-order valence-corrected chi connectivity index (χ4v) is 1.15. The predicted molar refractivity (Wildman–Crippen MR) is 55.4 cm³/mol. The van der Waals surface area contributed by atoms with Crippen molar-refractivity contribution >= 4 is 5.82 Å². The van der Waals surface area contributed by atoms with Gasteiger partial charge in [0, 0.05) is 0 Å². The first-order valence-electron chi connectivity index (χ1n) is 4.45. The number of phenolic OH excluding ortho intramolecular Hbond substituents is 1. The van der Waals surface area contributed by atoms with Gasteiger partial charge in [-0.1, -0.05) is 0 Å². The zero-order valence-corrected chi connectivity index (χ0v) is 7.97. The molecule has 0 saturated heterocycles. The highest BCUT2D eigenvalue weighted by Crippen LogP contribution is 2.16. The van der Waals surface area contributed by atoms with Gasteiger partial charge in [0.2, 0.25) is 0 Å². The van der Waals surface area contributed by atoms with E-state index < -0.39 is 0 Å². The first-order chi connectivity index (χ1) is 7.24. The molecule has 0 spiro atoms. The molecule has 1 aromatic carbocycles. The van der Waals surface area contributed by atoms with E-state index in [9.17, 15) is 0 Å². The van der Waals surface area contributed by atoms with Crippen LogP contribution in [0.15, 0.2) is 30.5 Å². The summed E-state index contributed by atoms with van der Waals surface area (Å²) in [6.07, 6.45) is 1.54. The molecule has 0 aliphatic rings. The molecular weight excluding hydrogens is 194 g/mol. The van der Waals surface area contributed by atoms with Crippen molar-refractivity contribution in [1.29, 1.82) is 0 Å². The first kappa shape index (κ1) is 9.39. The predicted octanol–water partition coefficient (Wildman–Crippen LogP) is 1.28. The zero-order chi connectivity index (χ0) is 10.7. The van der Waals surface area contributed by atoms with Gasteiger partial charge in [0.15, 0.2) is 0 Å². The maximum absolute atomic E-state index is 9.05. The maximum Gasteiger partial charge on any atom is 0.146 e. The van der Waals surface area contributed by atoms with Crippen molar-refractivity contribution in [2.24, 2.45) is 0 Å². The molecule has 15 heavy (non-hydrogen) atoms. The zero-order valence-electron chi connectivity index (χ0n) is 7.97. The molecule has 78 valence electrons. The molecule has 1 aromatic heterocycles. The number of H-pyrrole nitrogens is 1. The standard InChI is InChI=1S/C10H11N3O2/c11-9-5-12-10(13-9)6-15-8-3-1-7(14)2-4-8/h1-5,14H,6,11H2,(H,12,13). The van der Waals surface area contributed by atoms with Gasteiger partial charge < -0.3 is 20.6 Å². The molecule has 0 fully saturated rings. The summed E-state index contributed by atoms with van der Waals surface area (Å²) in [6, 6.07) is 6.49. The van der Waals surface area contributed by atoms with Crippen LogP contribution < -0.4 is 10.5 Å². The van der Waals surface area contributed by atoms with Crippen LogP contribution in [0.25, 0.3) is 0 Å². The number of benzene rings is 1. The number of ether oxygens (including phenoxy) is 1. The number of nitrogens with one attached hydrogen (secondary N) is 1. The molecule has 0 atom stereocenters. The summed E-state index contributed by atoms with van der Waals surface area (Å²) in [6.45, 7) is 0.321. The van der Waals surface area contributed by atoms with Crippen LogP contribution in [-0.4, -0.2) is 15.1 Å². The van der Waals surface area contributed by atoms with Crippen LogP contribution >= 0.6 is 0 Å². The third-order valence-electron chi connectivity index (χ3n) is 1.86. The molecule has 5 nitrogen and oxygen atoms in total. The van der Waals surface area contributed by atoms with Gasteiger partial charge in [-0.3, -0.25) is 0 Å². The Morgan fingerprint density at radius 1 is 1.33 bits per heavy atom. The van der Waals surface area contributed by atoms with E-state index in [1.165, 1.54) is 6.20 Å². The average Bonchev–Trinajstić information content (AvgIpc) is 2.64. The Balaban J connectivity index is 1.96. The van der Waals surface area contributed by atoms with Gasteiger partial charge in [-0.25, -0.2) is 4.98 Å². The molecule has 0 saturated carbocycles. The Kier molecular flexibility index (Phi) is 2.45. The average molecular weight is 205 g/mol. The van der Waals surface area contributed by atoms with Crippen LogP contribution in [0.1, 0.15) is 5.82 Å². The van der Waals surface area contributed by atoms with Crippen molar-refractivity contribution < 1.29 is 9.84 Å². The molecule has 0 aliphatic carbocycles. The lowest BCUT2D eigenvalue weighted by Crippen LogP contribution is -1.97. The number of phenols is 1. The number of nitrogens with zero attached hydrogens (tertiary/aromatic N) is 1. The number of rotatable bonds is 3. The molecule has 2 rings (SSSR count). The van der Waals surface area contributed by atoms with E-state index in [0.29, 0.717) is 24.0 Å². The van der Waals surface area contributed by atoms with Crippen molar-refractivity contribution in [2.75, 3.05) is 5.73 Å². The Bertz CT molecular complexity index is 436. The smallest absolute Gasteiger partial charge is 0.146 e. The number of imidazole rings is 1. The van der Waals surface area contributed by atoms with Gasteiger partial charge in [-0.05, 0) is 24.3 Å². The van der Waals surface area contributed by atoms with E-state index in [1.54, 1.807) is 24.3 Å². The minimum absolute atomic E-state index is 0.213. The third-order valence-corrected chi connectivity index (χ3v) is 1.86. The van der Waals surface area contributed by atoms with E-state index in [4.69, 9.17) is 15.6 Å². The van der Waals surface area contributed by atoms with Crippen LogP contribution in [0.4, 0.5) is 5.82 Å². The molecular formula is C10H11N3O2. The number of hydrogen-bond donors (Lipinski definition) is 3. The lowest BCUT2D eigenvalue weighted by atomic mass is 10.3. The lowest BCUT2D eigenvalue weighted by Gasteiger charge is -2.03. The van der Waals surface area contributed by atoms with Gasteiger partial charge in [-0.2, -0.15) is 0 Å². The second kappa shape index (κ2) is 3.91. The summed E-state index contributed by atoms with van der Waals surface area (Å²) in [4.78, 5) is 6.84. The molecule has 0 amide bonds. The Labute approximate surface area is 86.5 Å². The summed E-state index contributed by atoms with van der Waals surface area (Å²) in [5.74, 6) is 2.06. The topological polar surface area (TPSA) is 84.2 Å². The second-order valence-corrected chi connectivity index (χ2v) is 3.07. The van der Waals surface area contributed by atoms with Crippen molar-refractivity contribution in [3.63, 3.8) is 0 Å². The summed E-state index contributed by atoms with van der Waals surface area (Å²) in [5.41, 5.74) is 5.46. The van der Waals surface area contributed by atoms with Crippen molar-refractivity contribution in [3.05, 3.63) is 36.3 Å².